The molecule has 0 spiro atoms. The summed E-state index contributed by atoms with van der Waals surface area (Å²) < 4.78 is 0. The maximum Gasteiger partial charge on any atom is 0.274 e. The Hall–Kier alpha value is -2.80. The van der Waals surface area contributed by atoms with Crippen LogP contribution in [0.2, 0.25) is 0 Å². The average Bonchev–Trinajstić information content (AvgIpc) is 2.74. The molecule has 0 radical (unpaired) electrons. The summed E-state index contributed by atoms with van der Waals surface area (Å²) in [6.45, 7) is 8.87. The van der Waals surface area contributed by atoms with Crippen molar-refractivity contribution in [3.63, 3.8) is 0 Å². The second-order valence-corrected chi connectivity index (χ2v) is 8.54. The van der Waals surface area contributed by atoms with Gasteiger partial charge in [0.2, 0.25) is 5.91 Å². The SMILES string of the molecule is Cc1cnc(C(=O)N(CCC(=O)N(CCN(C)C)Cc2ccccc2)CC(C)C)cn1. The Morgan fingerprint density at radius 2 is 1.65 bits per heavy atom. The van der Waals surface area contributed by atoms with Gasteiger partial charge in [-0.25, -0.2) is 4.98 Å². The van der Waals surface area contributed by atoms with Crippen molar-refractivity contribution in [3.05, 3.63) is 59.7 Å². The molecule has 1 aromatic heterocycles. The summed E-state index contributed by atoms with van der Waals surface area (Å²) in [5.41, 5.74) is 2.17. The number of aryl methyl sites for hydroxylation is 1. The Bertz CT molecular complexity index is 822. The van der Waals surface area contributed by atoms with Crippen molar-refractivity contribution >= 4 is 11.8 Å². The van der Waals surface area contributed by atoms with E-state index in [1.165, 1.54) is 6.20 Å². The lowest BCUT2D eigenvalue weighted by Crippen LogP contribution is -2.40. The molecule has 1 heterocycles. The molecule has 31 heavy (non-hydrogen) atoms. The van der Waals surface area contributed by atoms with E-state index in [2.05, 4.69) is 28.7 Å². The number of amides is 2. The van der Waals surface area contributed by atoms with Crippen molar-refractivity contribution in [1.29, 1.82) is 0 Å². The van der Waals surface area contributed by atoms with E-state index in [0.29, 0.717) is 31.9 Å². The first-order chi connectivity index (χ1) is 14.8. The zero-order valence-electron chi connectivity index (χ0n) is 19.4. The number of aromatic nitrogens is 2. The maximum absolute atomic E-state index is 13.1. The van der Waals surface area contributed by atoms with Gasteiger partial charge in [-0.2, -0.15) is 0 Å². The highest BCUT2D eigenvalue weighted by Gasteiger charge is 2.21. The molecule has 0 fully saturated rings. The molecular weight excluding hydrogens is 390 g/mol. The lowest BCUT2D eigenvalue weighted by molar-refractivity contribution is -0.132. The summed E-state index contributed by atoms with van der Waals surface area (Å²) in [7, 11) is 3.99. The van der Waals surface area contributed by atoms with E-state index in [1.54, 1.807) is 11.1 Å². The highest BCUT2D eigenvalue weighted by atomic mass is 16.2. The van der Waals surface area contributed by atoms with Crippen molar-refractivity contribution in [2.24, 2.45) is 5.92 Å². The van der Waals surface area contributed by atoms with Crippen LogP contribution in [-0.4, -0.2) is 76.8 Å². The average molecular weight is 426 g/mol. The van der Waals surface area contributed by atoms with Crippen LogP contribution in [0.25, 0.3) is 0 Å². The predicted octanol–water partition coefficient (Wildman–Crippen LogP) is 2.86. The number of carbonyl (C=O) groups excluding carboxylic acids is 2. The molecule has 0 saturated carbocycles. The molecule has 0 aliphatic carbocycles. The molecule has 0 atom stereocenters. The minimum atomic E-state index is -0.183. The molecule has 2 rings (SSSR count). The summed E-state index contributed by atoms with van der Waals surface area (Å²) in [5, 5.41) is 0. The van der Waals surface area contributed by atoms with Crippen LogP contribution in [0.3, 0.4) is 0 Å². The van der Waals surface area contributed by atoms with Crippen LogP contribution in [-0.2, 0) is 11.3 Å². The second kappa shape index (κ2) is 12.2. The smallest absolute Gasteiger partial charge is 0.274 e. The van der Waals surface area contributed by atoms with E-state index in [4.69, 9.17) is 0 Å². The highest BCUT2D eigenvalue weighted by molar-refractivity contribution is 5.92. The molecule has 7 nitrogen and oxygen atoms in total. The lowest BCUT2D eigenvalue weighted by atomic mass is 10.1. The van der Waals surface area contributed by atoms with Crippen LogP contribution >= 0.6 is 0 Å². The van der Waals surface area contributed by atoms with Crippen molar-refractivity contribution < 1.29 is 9.59 Å². The number of benzene rings is 1. The van der Waals surface area contributed by atoms with Gasteiger partial charge in [0.25, 0.3) is 5.91 Å². The normalized spacial score (nSPS) is 11.1. The third-order valence-electron chi connectivity index (χ3n) is 4.85. The fourth-order valence-electron chi connectivity index (χ4n) is 3.19. The zero-order valence-corrected chi connectivity index (χ0v) is 19.4. The minimum Gasteiger partial charge on any atom is -0.337 e. The highest BCUT2D eigenvalue weighted by Crippen LogP contribution is 2.10. The van der Waals surface area contributed by atoms with Gasteiger partial charge >= 0.3 is 0 Å². The van der Waals surface area contributed by atoms with Crippen LogP contribution in [0.1, 0.15) is 42.0 Å². The molecule has 0 unspecified atom stereocenters. The summed E-state index contributed by atoms with van der Waals surface area (Å²) >= 11 is 0. The van der Waals surface area contributed by atoms with E-state index >= 15 is 0 Å². The van der Waals surface area contributed by atoms with Crippen molar-refractivity contribution in [2.75, 3.05) is 40.3 Å². The van der Waals surface area contributed by atoms with E-state index in [1.807, 2.05) is 56.3 Å². The molecule has 2 aromatic rings. The van der Waals surface area contributed by atoms with Gasteiger partial charge < -0.3 is 14.7 Å². The first kappa shape index (κ1) is 24.5. The van der Waals surface area contributed by atoms with Crippen LogP contribution in [0.5, 0.6) is 0 Å². The van der Waals surface area contributed by atoms with Crippen LogP contribution in [0, 0.1) is 12.8 Å². The third-order valence-corrected chi connectivity index (χ3v) is 4.85. The van der Waals surface area contributed by atoms with Gasteiger partial charge in [-0.15, -0.1) is 0 Å². The number of rotatable bonds is 11. The fourth-order valence-corrected chi connectivity index (χ4v) is 3.19. The second-order valence-electron chi connectivity index (χ2n) is 8.54. The molecule has 1 aromatic carbocycles. The van der Waals surface area contributed by atoms with Gasteiger partial charge in [-0.3, -0.25) is 14.6 Å². The first-order valence-electron chi connectivity index (χ1n) is 10.8. The van der Waals surface area contributed by atoms with Gasteiger partial charge in [0, 0.05) is 45.3 Å². The monoisotopic (exact) mass is 425 g/mol. The van der Waals surface area contributed by atoms with Crippen molar-refractivity contribution in [1.82, 2.24) is 24.7 Å². The number of carbonyl (C=O) groups is 2. The Morgan fingerprint density at radius 3 is 2.23 bits per heavy atom. The Balaban J connectivity index is 2.07. The molecule has 7 heteroatoms. The topological polar surface area (TPSA) is 69.6 Å². The predicted molar refractivity (Wildman–Crippen MR) is 123 cm³/mol. The summed E-state index contributed by atoms with van der Waals surface area (Å²) in [6.07, 6.45) is 3.37. The number of hydrogen-bond acceptors (Lipinski definition) is 5. The molecule has 168 valence electrons. The van der Waals surface area contributed by atoms with E-state index in [0.717, 1.165) is 17.8 Å². The molecule has 0 aliphatic heterocycles. The molecule has 2 amide bonds. The zero-order chi connectivity index (χ0) is 22.8. The van der Waals surface area contributed by atoms with Gasteiger partial charge in [0.15, 0.2) is 0 Å². The summed E-state index contributed by atoms with van der Waals surface area (Å²) in [4.78, 5) is 40.1. The first-order valence-corrected chi connectivity index (χ1v) is 10.8. The molecular formula is C24H35N5O2. The van der Waals surface area contributed by atoms with E-state index < -0.39 is 0 Å². The van der Waals surface area contributed by atoms with Crippen molar-refractivity contribution in [3.8, 4) is 0 Å². The maximum atomic E-state index is 13.1. The Morgan fingerprint density at radius 1 is 0.935 bits per heavy atom. The standard InChI is InChI=1S/C24H35N5O2/c1-19(2)17-29(24(31)22-16-25-20(3)15-26-22)12-11-23(30)28(14-13-27(4)5)18-21-9-7-6-8-10-21/h6-10,15-16,19H,11-14,17-18H2,1-5H3. The quantitative estimate of drug-likeness (QED) is 0.554. The van der Waals surface area contributed by atoms with Gasteiger partial charge in [-0.1, -0.05) is 44.2 Å². The summed E-state index contributed by atoms with van der Waals surface area (Å²) in [6, 6.07) is 9.99. The number of hydrogen-bond donors (Lipinski definition) is 0. The molecule has 0 aliphatic rings. The van der Waals surface area contributed by atoms with Crippen LogP contribution in [0.4, 0.5) is 0 Å². The molecule has 0 bridgehead atoms. The number of likely N-dealkylation sites (N-methyl/N-ethyl adjacent to an activating group) is 1. The Kier molecular flexibility index (Phi) is 9.59. The van der Waals surface area contributed by atoms with Gasteiger partial charge in [0.05, 0.1) is 11.9 Å². The fraction of sp³-hybridized carbons (Fsp3) is 0.500. The van der Waals surface area contributed by atoms with E-state index in [9.17, 15) is 9.59 Å². The molecule has 0 N–H and O–H groups in total. The van der Waals surface area contributed by atoms with Crippen molar-refractivity contribution in [2.45, 2.75) is 33.7 Å². The van der Waals surface area contributed by atoms with Crippen LogP contribution in [0.15, 0.2) is 42.7 Å². The Labute approximate surface area is 186 Å². The van der Waals surface area contributed by atoms with Gasteiger partial charge in [-0.05, 0) is 32.5 Å². The van der Waals surface area contributed by atoms with E-state index in [-0.39, 0.29) is 24.2 Å². The largest absolute Gasteiger partial charge is 0.337 e. The van der Waals surface area contributed by atoms with Crippen LogP contribution < -0.4 is 0 Å². The minimum absolute atomic E-state index is 0.0437. The lowest BCUT2D eigenvalue weighted by Gasteiger charge is -2.28. The third kappa shape index (κ3) is 8.45. The van der Waals surface area contributed by atoms with Gasteiger partial charge in [0.1, 0.15) is 5.69 Å². The molecule has 0 saturated heterocycles. The summed E-state index contributed by atoms with van der Waals surface area (Å²) in [5.74, 6) is 0.144. The number of nitrogens with zero attached hydrogens (tertiary/aromatic N) is 5.